The van der Waals surface area contributed by atoms with Crippen LogP contribution in [-0.2, 0) is 0 Å². The molecule has 0 aliphatic carbocycles. The molecule has 2 aromatic rings. The third kappa shape index (κ3) is 1.88. The highest BCUT2D eigenvalue weighted by molar-refractivity contribution is 7.21. The zero-order valence-corrected chi connectivity index (χ0v) is 12.9. The summed E-state index contributed by atoms with van der Waals surface area (Å²) in [6, 6.07) is 1.93. The summed E-state index contributed by atoms with van der Waals surface area (Å²) in [5.74, 6) is 0.0485. The van der Waals surface area contributed by atoms with Crippen molar-refractivity contribution in [3.8, 4) is 0 Å². The minimum atomic E-state index is -0.0812. The first-order valence-electron chi connectivity index (χ1n) is 6.87. The maximum atomic E-state index is 12.8. The minimum absolute atomic E-state index is 0.0485. The molecular weight excluding hydrogens is 270 g/mol. The Labute approximate surface area is 122 Å². The summed E-state index contributed by atoms with van der Waals surface area (Å²) in [5, 5.41) is 0.929. The van der Waals surface area contributed by atoms with Crippen LogP contribution in [0.1, 0.15) is 41.9 Å². The fraction of sp³-hybridized carbons (Fsp3) is 0.467. The average molecular weight is 289 g/mol. The largest absolute Gasteiger partial charge is 0.397 e. The van der Waals surface area contributed by atoms with Crippen LogP contribution in [0.5, 0.6) is 0 Å². The molecule has 3 heterocycles. The second kappa shape index (κ2) is 4.45. The monoisotopic (exact) mass is 289 g/mol. The number of rotatable bonds is 1. The highest BCUT2D eigenvalue weighted by atomic mass is 32.1. The molecule has 0 saturated carbocycles. The number of nitrogen functional groups attached to an aromatic ring is 1. The van der Waals surface area contributed by atoms with Gasteiger partial charge in [0, 0.05) is 23.7 Å². The Morgan fingerprint density at radius 1 is 1.50 bits per heavy atom. The summed E-state index contributed by atoms with van der Waals surface area (Å²) in [5.41, 5.74) is 7.80. The Balaban J connectivity index is 2.09. The fourth-order valence-electron chi connectivity index (χ4n) is 2.97. The van der Waals surface area contributed by atoms with Crippen molar-refractivity contribution < 1.29 is 4.79 Å². The van der Waals surface area contributed by atoms with Crippen molar-refractivity contribution in [2.75, 3.05) is 12.3 Å². The molecule has 5 heteroatoms. The van der Waals surface area contributed by atoms with Crippen LogP contribution in [0.4, 0.5) is 5.69 Å². The van der Waals surface area contributed by atoms with Crippen molar-refractivity contribution in [3.05, 3.63) is 22.7 Å². The number of fused-ring (bicyclic) bond motifs is 1. The molecule has 0 radical (unpaired) electrons. The maximum Gasteiger partial charge on any atom is 0.266 e. The Bertz CT molecular complexity index is 690. The fourth-order valence-corrected chi connectivity index (χ4v) is 4.06. The molecule has 1 saturated heterocycles. The topological polar surface area (TPSA) is 59.2 Å². The van der Waals surface area contributed by atoms with Gasteiger partial charge in [-0.15, -0.1) is 11.3 Å². The van der Waals surface area contributed by atoms with Crippen LogP contribution in [-0.4, -0.2) is 27.9 Å². The summed E-state index contributed by atoms with van der Waals surface area (Å²) >= 11 is 1.41. The highest BCUT2D eigenvalue weighted by Crippen LogP contribution is 2.38. The molecule has 4 nitrogen and oxygen atoms in total. The smallest absolute Gasteiger partial charge is 0.266 e. The first kappa shape index (κ1) is 13.4. The molecular formula is C15H19N3OS. The van der Waals surface area contributed by atoms with Gasteiger partial charge in [0.1, 0.15) is 9.71 Å². The van der Waals surface area contributed by atoms with Crippen molar-refractivity contribution in [2.45, 2.75) is 39.2 Å². The molecule has 1 fully saturated rings. The SMILES string of the molecule is Cc1ccnc2sc(C(=O)N3CCCC3(C)C)c(N)c12. The van der Waals surface area contributed by atoms with Gasteiger partial charge in [-0.2, -0.15) is 0 Å². The van der Waals surface area contributed by atoms with Gasteiger partial charge in [0.15, 0.2) is 0 Å². The minimum Gasteiger partial charge on any atom is -0.397 e. The van der Waals surface area contributed by atoms with E-state index in [0.717, 1.165) is 35.2 Å². The molecule has 0 unspecified atom stereocenters. The quantitative estimate of drug-likeness (QED) is 0.877. The Hall–Kier alpha value is -1.62. The lowest BCUT2D eigenvalue weighted by Crippen LogP contribution is -2.42. The van der Waals surface area contributed by atoms with E-state index < -0.39 is 0 Å². The molecule has 0 atom stereocenters. The number of hydrogen-bond acceptors (Lipinski definition) is 4. The van der Waals surface area contributed by atoms with Gasteiger partial charge < -0.3 is 10.6 Å². The van der Waals surface area contributed by atoms with Crippen molar-refractivity contribution in [3.63, 3.8) is 0 Å². The number of anilines is 1. The van der Waals surface area contributed by atoms with Gasteiger partial charge in [0.05, 0.1) is 5.69 Å². The second-order valence-corrected chi connectivity index (χ2v) is 7.02. The summed E-state index contributed by atoms with van der Waals surface area (Å²) in [7, 11) is 0. The van der Waals surface area contributed by atoms with Crippen LogP contribution < -0.4 is 5.73 Å². The van der Waals surface area contributed by atoms with E-state index in [1.807, 2.05) is 17.9 Å². The molecule has 20 heavy (non-hydrogen) atoms. The number of pyridine rings is 1. The van der Waals surface area contributed by atoms with Gasteiger partial charge in [0.25, 0.3) is 5.91 Å². The number of thiophene rings is 1. The molecule has 3 rings (SSSR count). The van der Waals surface area contributed by atoms with Crippen LogP contribution in [0.3, 0.4) is 0 Å². The third-order valence-corrected chi connectivity index (χ3v) is 5.28. The molecule has 1 aliphatic rings. The molecule has 106 valence electrons. The van der Waals surface area contributed by atoms with Gasteiger partial charge >= 0.3 is 0 Å². The van der Waals surface area contributed by atoms with E-state index >= 15 is 0 Å². The molecule has 1 amide bonds. The van der Waals surface area contributed by atoms with E-state index in [1.165, 1.54) is 11.3 Å². The zero-order chi connectivity index (χ0) is 14.5. The normalized spacial score (nSPS) is 17.9. The molecule has 2 aromatic heterocycles. The molecule has 0 aromatic carbocycles. The lowest BCUT2D eigenvalue weighted by Gasteiger charge is -2.31. The van der Waals surface area contributed by atoms with Gasteiger partial charge in [-0.1, -0.05) is 0 Å². The van der Waals surface area contributed by atoms with E-state index in [0.29, 0.717) is 10.6 Å². The van der Waals surface area contributed by atoms with Crippen molar-refractivity contribution in [2.24, 2.45) is 0 Å². The predicted molar refractivity (Wildman–Crippen MR) is 83.1 cm³/mol. The summed E-state index contributed by atoms with van der Waals surface area (Å²) in [6.07, 6.45) is 3.86. The maximum absolute atomic E-state index is 12.8. The molecule has 0 bridgehead atoms. The van der Waals surface area contributed by atoms with E-state index in [2.05, 4.69) is 18.8 Å². The average Bonchev–Trinajstić information content (AvgIpc) is 2.90. The van der Waals surface area contributed by atoms with Crippen LogP contribution in [0.25, 0.3) is 10.2 Å². The van der Waals surface area contributed by atoms with Crippen molar-refractivity contribution in [1.82, 2.24) is 9.88 Å². The van der Waals surface area contributed by atoms with Crippen LogP contribution >= 0.6 is 11.3 Å². The van der Waals surface area contributed by atoms with Gasteiger partial charge in [0.2, 0.25) is 0 Å². The number of hydrogen-bond donors (Lipinski definition) is 1. The van der Waals surface area contributed by atoms with Crippen LogP contribution in [0, 0.1) is 6.92 Å². The predicted octanol–water partition coefficient (Wildman–Crippen LogP) is 3.20. The number of nitrogens with two attached hydrogens (primary N) is 1. The number of carbonyl (C=O) groups is 1. The summed E-state index contributed by atoms with van der Waals surface area (Å²) in [4.78, 5) is 20.6. The molecule has 0 spiro atoms. The third-order valence-electron chi connectivity index (χ3n) is 4.18. The standard InChI is InChI=1S/C15H19N3OS/c1-9-5-7-17-13-10(9)11(16)12(20-13)14(19)18-8-4-6-15(18,2)3/h5,7H,4,6,8,16H2,1-3H3. The number of likely N-dealkylation sites (tertiary alicyclic amines) is 1. The van der Waals surface area contributed by atoms with Crippen LogP contribution in [0.15, 0.2) is 12.3 Å². The van der Waals surface area contributed by atoms with Gasteiger partial charge in [-0.3, -0.25) is 4.79 Å². The number of amides is 1. The number of nitrogens with zero attached hydrogens (tertiary/aromatic N) is 2. The lowest BCUT2D eigenvalue weighted by atomic mass is 10.0. The second-order valence-electron chi connectivity index (χ2n) is 6.03. The van der Waals surface area contributed by atoms with Gasteiger partial charge in [-0.05, 0) is 45.2 Å². The number of aromatic nitrogens is 1. The zero-order valence-electron chi connectivity index (χ0n) is 12.1. The molecule has 1 aliphatic heterocycles. The number of aryl methyl sites for hydroxylation is 1. The Kier molecular flexibility index (Phi) is 2.97. The Morgan fingerprint density at radius 2 is 2.25 bits per heavy atom. The highest BCUT2D eigenvalue weighted by Gasteiger charge is 2.37. The first-order chi connectivity index (χ1) is 9.42. The Morgan fingerprint density at radius 3 is 2.85 bits per heavy atom. The summed E-state index contributed by atoms with van der Waals surface area (Å²) < 4.78 is 0. The summed E-state index contributed by atoms with van der Waals surface area (Å²) in [6.45, 7) is 7.04. The first-order valence-corrected chi connectivity index (χ1v) is 7.69. The van der Waals surface area contributed by atoms with Crippen molar-refractivity contribution in [1.29, 1.82) is 0 Å². The van der Waals surface area contributed by atoms with E-state index in [4.69, 9.17) is 5.73 Å². The number of carbonyl (C=O) groups excluding carboxylic acids is 1. The molecule has 2 N–H and O–H groups in total. The van der Waals surface area contributed by atoms with Gasteiger partial charge in [-0.25, -0.2) is 4.98 Å². The van der Waals surface area contributed by atoms with Crippen molar-refractivity contribution >= 4 is 33.1 Å². The lowest BCUT2D eigenvalue weighted by molar-refractivity contribution is 0.0658. The van der Waals surface area contributed by atoms with E-state index in [9.17, 15) is 4.79 Å². The van der Waals surface area contributed by atoms with E-state index in [1.54, 1.807) is 6.20 Å². The van der Waals surface area contributed by atoms with Crippen LogP contribution in [0.2, 0.25) is 0 Å². The van der Waals surface area contributed by atoms with E-state index in [-0.39, 0.29) is 11.4 Å².